The Morgan fingerprint density at radius 1 is 1.61 bits per heavy atom. The van der Waals surface area contributed by atoms with Gasteiger partial charge in [-0.3, -0.25) is 4.98 Å². The summed E-state index contributed by atoms with van der Waals surface area (Å²) in [5.74, 6) is 2.17. The highest BCUT2D eigenvalue weighted by Gasteiger charge is 2.23. The van der Waals surface area contributed by atoms with Gasteiger partial charge in [0.15, 0.2) is 0 Å². The second kappa shape index (κ2) is 6.38. The molecule has 1 unspecified atom stereocenters. The molecule has 1 aliphatic rings. The molecule has 18 heavy (non-hydrogen) atoms. The van der Waals surface area contributed by atoms with E-state index in [0.717, 1.165) is 23.6 Å². The molecule has 1 saturated heterocycles. The van der Waals surface area contributed by atoms with Crippen LogP contribution in [0.4, 0.5) is 4.79 Å². The summed E-state index contributed by atoms with van der Waals surface area (Å²) in [6.07, 6.45) is 4.35. The number of hydrogen-bond donors (Lipinski definition) is 1. The van der Waals surface area contributed by atoms with Crippen molar-refractivity contribution in [1.29, 1.82) is 0 Å². The van der Waals surface area contributed by atoms with Gasteiger partial charge in [0.1, 0.15) is 4.60 Å². The predicted molar refractivity (Wildman–Crippen MR) is 75.5 cm³/mol. The van der Waals surface area contributed by atoms with Crippen LogP contribution in [0.15, 0.2) is 17.0 Å². The molecule has 0 bridgehead atoms. The Morgan fingerprint density at radius 2 is 2.44 bits per heavy atom. The fourth-order valence-corrected chi connectivity index (χ4v) is 3.19. The lowest BCUT2D eigenvalue weighted by molar-refractivity contribution is 0.194. The Bertz CT molecular complexity index is 408. The molecule has 0 radical (unpaired) electrons. The molecule has 0 aromatic carbocycles. The molecular formula is C11H15BrN4OS. The van der Waals surface area contributed by atoms with Gasteiger partial charge in [-0.1, -0.05) is 0 Å². The number of urea groups is 1. The molecule has 98 valence electrons. The number of rotatable bonds is 3. The van der Waals surface area contributed by atoms with Crippen molar-refractivity contribution in [3.05, 3.63) is 22.7 Å². The van der Waals surface area contributed by atoms with Crippen LogP contribution in [-0.4, -0.2) is 45.5 Å². The van der Waals surface area contributed by atoms with Crippen molar-refractivity contribution in [2.24, 2.45) is 0 Å². The lowest BCUT2D eigenvalue weighted by Crippen LogP contribution is -2.43. The van der Waals surface area contributed by atoms with E-state index in [0.29, 0.717) is 17.2 Å². The molecule has 5 nitrogen and oxygen atoms in total. The van der Waals surface area contributed by atoms with Crippen LogP contribution in [0, 0.1) is 0 Å². The standard InChI is InChI=1S/C11H15BrN4OS/c1-16(9-2-3-18-7-9)11(17)15-5-8-4-14-10(12)6-13-8/h4,6,9H,2-3,5,7H2,1H3,(H,15,17). The number of carbonyl (C=O) groups is 1. The van der Waals surface area contributed by atoms with E-state index in [2.05, 4.69) is 31.2 Å². The highest BCUT2D eigenvalue weighted by molar-refractivity contribution is 9.10. The van der Waals surface area contributed by atoms with Gasteiger partial charge in [-0.25, -0.2) is 9.78 Å². The first kappa shape index (κ1) is 13.6. The molecule has 0 spiro atoms. The summed E-state index contributed by atoms with van der Waals surface area (Å²) in [6.45, 7) is 0.406. The lowest BCUT2D eigenvalue weighted by atomic mass is 10.2. The summed E-state index contributed by atoms with van der Waals surface area (Å²) in [5, 5.41) is 2.85. The fraction of sp³-hybridized carbons (Fsp3) is 0.545. The normalized spacial score (nSPS) is 18.7. The molecule has 2 amide bonds. The number of amides is 2. The van der Waals surface area contributed by atoms with Crippen molar-refractivity contribution < 1.29 is 4.79 Å². The van der Waals surface area contributed by atoms with Gasteiger partial charge in [0.25, 0.3) is 0 Å². The maximum absolute atomic E-state index is 11.9. The Kier molecular flexibility index (Phi) is 4.82. The zero-order valence-corrected chi connectivity index (χ0v) is 12.5. The molecule has 1 fully saturated rings. The van der Waals surface area contributed by atoms with E-state index >= 15 is 0 Å². The van der Waals surface area contributed by atoms with Crippen molar-refractivity contribution in [3.63, 3.8) is 0 Å². The van der Waals surface area contributed by atoms with Crippen LogP contribution in [0.5, 0.6) is 0 Å². The Hall–Kier alpha value is -0.820. The Balaban J connectivity index is 1.82. The SMILES string of the molecule is CN(C(=O)NCc1cnc(Br)cn1)C1CCSC1. The zero-order chi connectivity index (χ0) is 13.0. The van der Waals surface area contributed by atoms with Crippen molar-refractivity contribution in [2.45, 2.75) is 19.0 Å². The van der Waals surface area contributed by atoms with E-state index in [1.54, 1.807) is 17.3 Å². The minimum atomic E-state index is -0.0489. The average molecular weight is 331 g/mol. The number of hydrogen-bond acceptors (Lipinski definition) is 4. The second-order valence-corrected chi connectivity index (χ2v) is 6.08. The smallest absolute Gasteiger partial charge is 0.317 e. The molecule has 1 aromatic rings. The molecule has 1 aromatic heterocycles. The number of nitrogens with one attached hydrogen (secondary N) is 1. The highest BCUT2D eigenvalue weighted by Crippen LogP contribution is 2.21. The fourth-order valence-electron chi connectivity index (χ4n) is 1.71. The minimum absolute atomic E-state index is 0.0489. The van der Waals surface area contributed by atoms with E-state index in [4.69, 9.17) is 0 Å². The van der Waals surface area contributed by atoms with Crippen molar-refractivity contribution in [3.8, 4) is 0 Å². The summed E-state index contributed by atoms with van der Waals surface area (Å²) in [4.78, 5) is 21.9. The quantitative estimate of drug-likeness (QED) is 0.919. The maximum Gasteiger partial charge on any atom is 0.317 e. The minimum Gasteiger partial charge on any atom is -0.332 e. The number of nitrogens with zero attached hydrogens (tertiary/aromatic N) is 3. The zero-order valence-electron chi connectivity index (χ0n) is 10.1. The van der Waals surface area contributed by atoms with Crippen LogP contribution >= 0.6 is 27.7 Å². The van der Waals surface area contributed by atoms with Gasteiger partial charge in [-0.2, -0.15) is 11.8 Å². The van der Waals surface area contributed by atoms with E-state index in [1.165, 1.54) is 0 Å². The maximum atomic E-state index is 11.9. The average Bonchev–Trinajstić information content (AvgIpc) is 2.90. The van der Waals surface area contributed by atoms with Crippen molar-refractivity contribution in [2.75, 3.05) is 18.6 Å². The summed E-state index contributed by atoms with van der Waals surface area (Å²) in [7, 11) is 1.85. The molecule has 1 N–H and O–H groups in total. The van der Waals surface area contributed by atoms with Gasteiger partial charge in [0.05, 0.1) is 24.6 Å². The highest BCUT2D eigenvalue weighted by atomic mass is 79.9. The van der Waals surface area contributed by atoms with Gasteiger partial charge < -0.3 is 10.2 Å². The second-order valence-electron chi connectivity index (χ2n) is 4.12. The van der Waals surface area contributed by atoms with Crippen LogP contribution in [0.1, 0.15) is 12.1 Å². The number of halogens is 1. The summed E-state index contributed by atoms with van der Waals surface area (Å²) < 4.78 is 0.692. The van der Waals surface area contributed by atoms with E-state index in [-0.39, 0.29) is 6.03 Å². The molecular weight excluding hydrogens is 316 g/mol. The van der Waals surface area contributed by atoms with Crippen LogP contribution < -0.4 is 5.32 Å². The first-order chi connectivity index (χ1) is 8.66. The van der Waals surface area contributed by atoms with Gasteiger partial charge >= 0.3 is 6.03 Å². The summed E-state index contributed by atoms with van der Waals surface area (Å²) in [6, 6.07) is 0.304. The molecule has 1 atom stereocenters. The molecule has 2 rings (SSSR count). The third-order valence-corrected chi connectivity index (χ3v) is 4.42. The van der Waals surface area contributed by atoms with Gasteiger partial charge in [0, 0.05) is 18.8 Å². The summed E-state index contributed by atoms with van der Waals surface area (Å²) >= 11 is 5.12. The monoisotopic (exact) mass is 330 g/mol. The molecule has 1 aliphatic heterocycles. The third-order valence-electron chi connectivity index (χ3n) is 2.87. The van der Waals surface area contributed by atoms with E-state index in [1.807, 2.05) is 18.8 Å². The van der Waals surface area contributed by atoms with E-state index in [9.17, 15) is 4.79 Å². The molecule has 0 aliphatic carbocycles. The number of carbonyl (C=O) groups excluding carboxylic acids is 1. The van der Waals surface area contributed by atoms with E-state index < -0.39 is 0 Å². The van der Waals surface area contributed by atoms with Crippen molar-refractivity contribution >= 4 is 33.7 Å². The van der Waals surface area contributed by atoms with Crippen LogP contribution in [0.3, 0.4) is 0 Å². The lowest BCUT2D eigenvalue weighted by Gasteiger charge is -2.23. The van der Waals surface area contributed by atoms with Crippen LogP contribution in [0.25, 0.3) is 0 Å². The molecule has 2 heterocycles. The molecule has 0 saturated carbocycles. The Labute approximate surface area is 119 Å². The van der Waals surface area contributed by atoms with Crippen molar-refractivity contribution in [1.82, 2.24) is 20.2 Å². The predicted octanol–water partition coefficient (Wildman–Crippen LogP) is 1.89. The third kappa shape index (κ3) is 3.58. The first-order valence-electron chi connectivity index (χ1n) is 5.71. The van der Waals surface area contributed by atoms with Gasteiger partial charge in [-0.15, -0.1) is 0 Å². The first-order valence-corrected chi connectivity index (χ1v) is 7.66. The molecule has 7 heteroatoms. The van der Waals surface area contributed by atoms with Crippen LogP contribution in [0.2, 0.25) is 0 Å². The topological polar surface area (TPSA) is 58.1 Å². The van der Waals surface area contributed by atoms with Gasteiger partial charge in [0.2, 0.25) is 0 Å². The largest absolute Gasteiger partial charge is 0.332 e. The Morgan fingerprint density at radius 3 is 3.06 bits per heavy atom. The van der Waals surface area contributed by atoms with Gasteiger partial charge in [-0.05, 0) is 28.1 Å². The number of aromatic nitrogens is 2. The number of thioether (sulfide) groups is 1. The van der Waals surface area contributed by atoms with Crippen LogP contribution in [-0.2, 0) is 6.54 Å². The summed E-state index contributed by atoms with van der Waals surface area (Å²) in [5.41, 5.74) is 0.751.